The van der Waals surface area contributed by atoms with Crippen LogP contribution in [0.15, 0.2) is 42.7 Å². The minimum absolute atomic E-state index is 0.124. The van der Waals surface area contributed by atoms with Crippen molar-refractivity contribution in [2.24, 2.45) is 5.73 Å². The summed E-state index contributed by atoms with van der Waals surface area (Å²) < 4.78 is 0. The van der Waals surface area contributed by atoms with Gasteiger partial charge in [0.25, 0.3) is 0 Å². The van der Waals surface area contributed by atoms with Crippen LogP contribution >= 0.6 is 0 Å². The Morgan fingerprint density at radius 1 is 1.08 bits per heavy atom. The van der Waals surface area contributed by atoms with E-state index in [-0.39, 0.29) is 28.8 Å². The number of H-pyrrole nitrogens is 1. The Morgan fingerprint density at radius 2 is 1.82 bits per heavy atom. The van der Waals surface area contributed by atoms with Crippen molar-refractivity contribution < 1.29 is 9.90 Å². The van der Waals surface area contributed by atoms with Crippen molar-refractivity contribution in [1.29, 1.82) is 0 Å². The third kappa shape index (κ3) is 4.87. The monoisotopic (exact) mass is 517 g/mol. The molecule has 0 radical (unpaired) electrons. The first-order valence-corrected chi connectivity index (χ1v) is 13.6. The molecule has 2 fully saturated rings. The van der Waals surface area contributed by atoms with E-state index < -0.39 is 0 Å². The Labute approximate surface area is 224 Å². The van der Waals surface area contributed by atoms with Gasteiger partial charge in [0.2, 0.25) is 5.91 Å². The van der Waals surface area contributed by atoms with Gasteiger partial charge in [-0.2, -0.15) is 5.10 Å². The van der Waals surface area contributed by atoms with Crippen LogP contribution in [0.4, 0.5) is 5.82 Å². The predicted molar refractivity (Wildman–Crippen MR) is 149 cm³/mol. The van der Waals surface area contributed by atoms with Gasteiger partial charge in [-0.3, -0.25) is 9.89 Å². The van der Waals surface area contributed by atoms with Crippen LogP contribution in [0.2, 0.25) is 0 Å². The van der Waals surface area contributed by atoms with Crippen molar-refractivity contribution in [3.63, 3.8) is 0 Å². The molecule has 9 heteroatoms. The summed E-state index contributed by atoms with van der Waals surface area (Å²) in [6, 6.07) is 10.1. The van der Waals surface area contributed by atoms with Crippen molar-refractivity contribution in [2.45, 2.75) is 89.4 Å². The number of carbonyl (C=O) groups excluding carboxylic acids is 1. The maximum Gasteiger partial charge on any atom is 0.224 e. The molecule has 0 atom stereocenters. The molecule has 3 heterocycles. The Balaban J connectivity index is 1.41. The second kappa shape index (κ2) is 10.0. The number of amides is 1. The number of carbonyl (C=O) groups is 1. The van der Waals surface area contributed by atoms with Crippen molar-refractivity contribution in [3.8, 4) is 28.1 Å². The summed E-state index contributed by atoms with van der Waals surface area (Å²) in [7, 11) is 0. The number of hydrogen-bond acceptors (Lipinski definition) is 7. The molecule has 1 saturated carbocycles. The molecule has 4 N–H and O–H groups in total. The average molecular weight is 518 g/mol. The normalized spacial score (nSPS) is 19.2. The molecule has 0 spiro atoms. The molecule has 0 unspecified atom stereocenters. The van der Waals surface area contributed by atoms with Gasteiger partial charge in [0.05, 0.1) is 11.9 Å². The molecule has 1 aromatic carbocycles. The standard InChI is InChI=1S/C29H39N7O2/c1-28(2)15-22(16-29(3,4)36(28)27(38)12-13-30)35(21-6-5-7-21)26-11-10-24(33-34-26)23-9-8-19(14-25(23)37)20-17-31-32-18-20/h8-11,14,17-18,21-22,37H,5-7,12-13,15-16,30H2,1-4H3,(H,31,32). The lowest BCUT2D eigenvalue weighted by Crippen LogP contribution is -2.67. The molecule has 202 valence electrons. The highest BCUT2D eigenvalue weighted by atomic mass is 16.3. The number of phenolic OH excluding ortho intramolecular Hbond substituents is 1. The molecule has 1 saturated heterocycles. The number of aromatic hydroxyl groups is 1. The number of rotatable bonds is 7. The first kappa shape index (κ1) is 26.2. The van der Waals surface area contributed by atoms with Crippen LogP contribution < -0.4 is 10.6 Å². The molecule has 1 aliphatic carbocycles. The summed E-state index contributed by atoms with van der Waals surface area (Å²) in [6.45, 7) is 9.03. The van der Waals surface area contributed by atoms with Gasteiger partial charge in [0.15, 0.2) is 5.82 Å². The van der Waals surface area contributed by atoms with Gasteiger partial charge < -0.3 is 20.6 Å². The third-order valence-electron chi connectivity index (χ3n) is 8.17. The SMILES string of the molecule is CC1(C)CC(N(c2ccc(-c3ccc(-c4cn[nH]c4)cc3O)nn2)C2CCC2)CC(C)(C)N1C(=O)CCN. The minimum atomic E-state index is -0.309. The number of nitrogens with two attached hydrogens (primary N) is 1. The molecule has 5 rings (SSSR count). The van der Waals surface area contributed by atoms with E-state index in [1.807, 2.05) is 24.3 Å². The van der Waals surface area contributed by atoms with E-state index in [0.29, 0.717) is 30.3 Å². The van der Waals surface area contributed by atoms with Gasteiger partial charge in [0.1, 0.15) is 5.75 Å². The lowest BCUT2D eigenvalue weighted by atomic mass is 9.75. The second-order valence-electron chi connectivity index (χ2n) is 11.9. The predicted octanol–water partition coefficient (Wildman–Crippen LogP) is 4.50. The van der Waals surface area contributed by atoms with Crippen LogP contribution in [0.25, 0.3) is 22.4 Å². The Hall–Kier alpha value is -3.46. The first-order chi connectivity index (χ1) is 18.1. The Kier molecular flexibility index (Phi) is 6.90. The van der Waals surface area contributed by atoms with Crippen molar-refractivity contribution in [1.82, 2.24) is 25.3 Å². The number of aromatic nitrogens is 4. The highest BCUT2D eigenvalue weighted by Crippen LogP contribution is 2.44. The van der Waals surface area contributed by atoms with Crippen LogP contribution in [-0.2, 0) is 4.79 Å². The molecule has 9 nitrogen and oxygen atoms in total. The molecule has 3 aromatic rings. The molecule has 0 bridgehead atoms. The molecule has 1 aliphatic heterocycles. The number of piperidine rings is 1. The lowest BCUT2D eigenvalue weighted by molar-refractivity contribution is -0.149. The summed E-state index contributed by atoms with van der Waals surface area (Å²) in [4.78, 5) is 17.6. The van der Waals surface area contributed by atoms with E-state index in [4.69, 9.17) is 5.73 Å². The van der Waals surface area contributed by atoms with E-state index in [1.165, 1.54) is 6.42 Å². The van der Waals surface area contributed by atoms with Gasteiger partial charge in [-0.25, -0.2) is 0 Å². The van der Waals surface area contributed by atoms with E-state index >= 15 is 0 Å². The number of aromatic amines is 1. The quantitative estimate of drug-likeness (QED) is 0.422. The van der Waals surface area contributed by atoms with Crippen molar-refractivity contribution >= 4 is 11.7 Å². The maximum atomic E-state index is 13.0. The number of phenols is 1. The van der Waals surface area contributed by atoms with Crippen LogP contribution in [0, 0.1) is 0 Å². The number of hydrogen-bond donors (Lipinski definition) is 3. The van der Waals surface area contributed by atoms with Crippen molar-refractivity contribution in [3.05, 3.63) is 42.7 Å². The van der Waals surface area contributed by atoms with E-state index in [0.717, 1.165) is 42.6 Å². The number of likely N-dealkylation sites (tertiary alicyclic amines) is 1. The van der Waals surface area contributed by atoms with Gasteiger partial charge in [-0.1, -0.05) is 6.07 Å². The summed E-state index contributed by atoms with van der Waals surface area (Å²) >= 11 is 0. The number of nitrogens with one attached hydrogen (secondary N) is 1. The Bertz CT molecular complexity index is 1250. The topological polar surface area (TPSA) is 124 Å². The Morgan fingerprint density at radius 3 is 2.34 bits per heavy atom. The van der Waals surface area contributed by atoms with E-state index in [9.17, 15) is 9.90 Å². The van der Waals surface area contributed by atoms with E-state index in [1.54, 1.807) is 18.5 Å². The fraction of sp³-hybridized carbons (Fsp3) is 0.517. The van der Waals surface area contributed by atoms with Crippen molar-refractivity contribution in [2.75, 3.05) is 11.4 Å². The number of benzene rings is 1. The molecule has 38 heavy (non-hydrogen) atoms. The van der Waals surface area contributed by atoms with Crippen LogP contribution in [0.1, 0.15) is 66.2 Å². The highest BCUT2D eigenvalue weighted by Gasteiger charge is 2.50. The van der Waals surface area contributed by atoms with Gasteiger partial charge in [0, 0.05) is 53.5 Å². The highest BCUT2D eigenvalue weighted by molar-refractivity contribution is 5.78. The molecular weight excluding hydrogens is 478 g/mol. The number of anilines is 1. The van der Waals surface area contributed by atoms with Crippen LogP contribution in [0.5, 0.6) is 5.75 Å². The summed E-state index contributed by atoms with van der Waals surface area (Å²) in [5.74, 6) is 1.13. The smallest absolute Gasteiger partial charge is 0.224 e. The van der Waals surface area contributed by atoms with E-state index in [2.05, 4.69) is 57.9 Å². The van der Waals surface area contributed by atoms with Gasteiger partial charge in [-0.05, 0) is 89.6 Å². The first-order valence-electron chi connectivity index (χ1n) is 13.6. The average Bonchev–Trinajstić information content (AvgIpc) is 3.35. The molecule has 1 amide bonds. The summed E-state index contributed by atoms with van der Waals surface area (Å²) in [5, 5.41) is 26.7. The van der Waals surface area contributed by atoms with Crippen LogP contribution in [-0.4, -0.2) is 66.0 Å². The molecule has 2 aliphatic rings. The minimum Gasteiger partial charge on any atom is -0.507 e. The maximum absolute atomic E-state index is 13.0. The fourth-order valence-electron chi connectivity index (χ4n) is 6.61. The number of nitrogens with zero attached hydrogens (tertiary/aromatic N) is 5. The fourth-order valence-corrected chi connectivity index (χ4v) is 6.61. The zero-order valence-electron chi connectivity index (χ0n) is 22.8. The molecular formula is C29H39N7O2. The second-order valence-corrected chi connectivity index (χ2v) is 11.9. The summed E-state index contributed by atoms with van der Waals surface area (Å²) in [5.41, 5.74) is 8.17. The lowest BCUT2D eigenvalue weighted by Gasteiger charge is -2.58. The summed E-state index contributed by atoms with van der Waals surface area (Å²) in [6.07, 6.45) is 9.06. The van der Waals surface area contributed by atoms with Crippen LogP contribution in [0.3, 0.4) is 0 Å². The zero-order chi connectivity index (χ0) is 27.1. The molecule has 2 aromatic heterocycles. The van der Waals surface area contributed by atoms with Gasteiger partial charge >= 0.3 is 0 Å². The van der Waals surface area contributed by atoms with Gasteiger partial charge in [-0.15, -0.1) is 10.2 Å². The zero-order valence-corrected chi connectivity index (χ0v) is 22.8. The largest absolute Gasteiger partial charge is 0.507 e. The third-order valence-corrected chi connectivity index (χ3v) is 8.17.